The molecule has 0 heterocycles. The molecule has 0 saturated heterocycles. The topological polar surface area (TPSA) is 134 Å². The van der Waals surface area contributed by atoms with Gasteiger partial charge in [0.1, 0.15) is 11.8 Å². The fourth-order valence-corrected chi connectivity index (χ4v) is 4.66. The SMILES string of the molecule is CCC=CCC=CCC=CCC=CCC=CCC=CCCC(=O)NCCCCC(NC(=O)C(C)(C)Oc1ccc(Cl)cc1)C(=O)OCC(CO)CO. The number of esters is 1. The number of carbonyl (C=O) groups excluding carboxylic acids is 3. The molecule has 288 valence electrons. The van der Waals surface area contributed by atoms with E-state index in [2.05, 4.69) is 84.4 Å². The van der Waals surface area contributed by atoms with Gasteiger partial charge in [0.15, 0.2) is 5.60 Å². The quantitative estimate of drug-likeness (QED) is 0.0390. The highest BCUT2D eigenvalue weighted by molar-refractivity contribution is 6.30. The fourth-order valence-electron chi connectivity index (χ4n) is 4.53. The van der Waals surface area contributed by atoms with E-state index in [4.69, 9.17) is 21.1 Å². The molecule has 2 amide bonds. The van der Waals surface area contributed by atoms with E-state index in [0.29, 0.717) is 43.0 Å². The standard InChI is InChI=1S/C42H61ClN2O7/c1-4-5-6-7-8-9-10-11-12-13-14-15-16-17-18-19-20-21-22-26-39(48)44-31-24-23-25-38(40(49)51-34-35(32-46)33-47)45-41(50)42(2,3)52-37-29-27-36(43)28-30-37/h5-6,8-9,11-12,14-15,17-18,20-21,27-30,35,38,46-47H,4,7,10,13,16,19,22-26,31-34H2,1-3H3,(H,44,48)(H,45,50). The molecule has 10 heteroatoms. The summed E-state index contributed by atoms with van der Waals surface area (Å²) >= 11 is 5.94. The van der Waals surface area contributed by atoms with Crippen molar-refractivity contribution >= 4 is 29.4 Å². The average molecular weight is 741 g/mol. The Balaban J connectivity index is 2.36. The number of unbranched alkanes of at least 4 members (excludes halogenated alkanes) is 1. The van der Waals surface area contributed by atoms with Crippen LogP contribution in [0, 0.1) is 5.92 Å². The molecule has 1 aromatic rings. The summed E-state index contributed by atoms with van der Waals surface area (Å²) in [5.41, 5.74) is -1.32. The number of hydrogen-bond donors (Lipinski definition) is 4. The zero-order chi connectivity index (χ0) is 38.3. The van der Waals surface area contributed by atoms with Crippen LogP contribution in [-0.4, -0.2) is 66.0 Å². The van der Waals surface area contributed by atoms with E-state index in [-0.39, 0.29) is 32.1 Å². The Kier molecular flexibility index (Phi) is 26.3. The molecule has 0 aliphatic heterocycles. The van der Waals surface area contributed by atoms with Crippen LogP contribution in [0.25, 0.3) is 0 Å². The Labute approximate surface area is 316 Å². The van der Waals surface area contributed by atoms with Gasteiger partial charge in [-0.05, 0) is 102 Å². The van der Waals surface area contributed by atoms with Crippen LogP contribution >= 0.6 is 11.6 Å². The molecule has 0 bridgehead atoms. The first-order valence-electron chi connectivity index (χ1n) is 18.4. The highest BCUT2D eigenvalue weighted by Crippen LogP contribution is 2.21. The van der Waals surface area contributed by atoms with Crippen LogP contribution in [0.15, 0.2) is 97.2 Å². The number of carbonyl (C=O) groups is 3. The van der Waals surface area contributed by atoms with E-state index in [9.17, 15) is 24.6 Å². The largest absolute Gasteiger partial charge is 0.478 e. The van der Waals surface area contributed by atoms with Crippen LogP contribution in [0.2, 0.25) is 5.02 Å². The van der Waals surface area contributed by atoms with E-state index < -0.39 is 29.4 Å². The van der Waals surface area contributed by atoms with Gasteiger partial charge in [-0.3, -0.25) is 9.59 Å². The van der Waals surface area contributed by atoms with Gasteiger partial charge in [0.05, 0.1) is 19.8 Å². The maximum atomic E-state index is 13.2. The van der Waals surface area contributed by atoms with Gasteiger partial charge in [-0.15, -0.1) is 0 Å². The number of nitrogens with one attached hydrogen (secondary N) is 2. The van der Waals surface area contributed by atoms with Crippen molar-refractivity contribution in [1.29, 1.82) is 0 Å². The second-order valence-electron chi connectivity index (χ2n) is 12.8. The van der Waals surface area contributed by atoms with Gasteiger partial charge in [-0.2, -0.15) is 0 Å². The molecule has 0 aliphatic rings. The van der Waals surface area contributed by atoms with Crippen LogP contribution in [0.5, 0.6) is 5.75 Å². The summed E-state index contributed by atoms with van der Waals surface area (Å²) in [4.78, 5) is 38.4. The lowest BCUT2D eigenvalue weighted by atomic mass is 10.1. The lowest BCUT2D eigenvalue weighted by molar-refractivity contribution is -0.152. The Hall–Kier alpha value is -3.92. The van der Waals surface area contributed by atoms with Crippen LogP contribution in [0.3, 0.4) is 0 Å². The zero-order valence-electron chi connectivity index (χ0n) is 31.3. The van der Waals surface area contributed by atoms with Crippen molar-refractivity contribution in [1.82, 2.24) is 10.6 Å². The van der Waals surface area contributed by atoms with E-state index >= 15 is 0 Å². The Morgan fingerprint density at radius 2 is 1.31 bits per heavy atom. The van der Waals surface area contributed by atoms with Crippen molar-refractivity contribution in [3.05, 3.63) is 102 Å². The molecule has 0 saturated carbocycles. The van der Waals surface area contributed by atoms with Gasteiger partial charge in [0, 0.05) is 23.9 Å². The van der Waals surface area contributed by atoms with E-state index in [0.717, 1.165) is 38.5 Å². The van der Waals surface area contributed by atoms with E-state index in [1.165, 1.54) is 0 Å². The minimum atomic E-state index is -1.32. The Bertz CT molecular complexity index is 1310. The molecule has 1 unspecified atom stereocenters. The molecule has 0 radical (unpaired) electrons. The molecule has 0 aromatic heterocycles. The smallest absolute Gasteiger partial charge is 0.328 e. The molecule has 1 atom stereocenters. The minimum absolute atomic E-state index is 0.0519. The highest BCUT2D eigenvalue weighted by Gasteiger charge is 2.34. The van der Waals surface area contributed by atoms with Crippen molar-refractivity contribution < 1.29 is 34.1 Å². The molecular weight excluding hydrogens is 680 g/mol. The first kappa shape index (κ1) is 46.1. The van der Waals surface area contributed by atoms with Crippen molar-refractivity contribution in [2.45, 2.75) is 103 Å². The summed E-state index contributed by atoms with van der Waals surface area (Å²) in [5, 5.41) is 24.8. The monoisotopic (exact) mass is 740 g/mol. The number of hydrogen-bond acceptors (Lipinski definition) is 7. The second kappa shape index (κ2) is 29.6. The van der Waals surface area contributed by atoms with E-state index in [1.807, 2.05) is 6.08 Å². The molecule has 1 rings (SSSR count). The molecule has 9 nitrogen and oxygen atoms in total. The predicted octanol–water partition coefficient (Wildman–Crippen LogP) is 7.89. The van der Waals surface area contributed by atoms with Gasteiger partial charge in [0.2, 0.25) is 5.91 Å². The third-order valence-electron chi connectivity index (χ3n) is 7.68. The summed E-state index contributed by atoms with van der Waals surface area (Å²) in [6, 6.07) is 5.60. The maximum Gasteiger partial charge on any atom is 0.328 e. The van der Waals surface area contributed by atoms with Crippen LogP contribution < -0.4 is 15.4 Å². The lowest BCUT2D eigenvalue weighted by Crippen LogP contribution is -2.52. The summed E-state index contributed by atoms with van der Waals surface area (Å²) in [7, 11) is 0. The summed E-state index contributed by atoms with van der Waals surface area (Å²) < 4.78 is 11.2. The molecule has 1 aromatic carbocycles. The molecule has 52 heavy (non-hydrogen) atoms. The Morgan fingerprint density at radius 1 is 0.788 bits per heavy atom. The molecule has 0 spiro atoms. The number of ether oxygens (including phenoxy) is 2. The first-order valence-corrected chi connectivity index (χ1v) is 18.8. The summed E-state index contributed by atoms with van der Waals surface area (Å²) in [5.74, 6) is -1.43. The third-order valence-corrected chi connectivity index (χ3v) is 7.93. The molecular formula is C42H61ClN2O7. The van der Waals surface area contributed by atoms with Crippen LogP contribution in [0.1, 0.15) is 91.4 Å². The summed E-state index contributed by atoms with van der Waals surface area (Å²) in [6.07, 6.45) is 33.9. The van der Waals surface area contributed by atoms with Gasteiger partial charge < -0.3 is 30.3 Å². The third kappa shape index (κ3) is 23.5. The molecule has 0 aliphatic carbocycles. The Morgan fingerprint density at radius 3 is 1.83 bits per heavy atom. The van der Waals surface area contributed by atoms with E-state index in [1.54, 1.807) is 38.1 Å². The van der Waals surface area contributed by atoms with Crippen molar-refractivity contribution in [2.24, 2.45) is 5.92 Å². The fraction of sp³-hybridized carbons (Fsp3) is 0.500. The van der Waals surface area contributed by atoms with Crippen molar-refractivity contribution in [3.8, 4) is 5.75 Å². The van der Waals surface area contributed by atoms with Gasteiger partial charge in [0.25, 0.3) is 5.91 Å². The average Bonchev–Trinajstić information content (AvgIpc) is 3.13. The highest BCUT2D eigenvalue weighted by atomic mass is 35.5. The van der Waals surface area contributed by atoms with Gasteiger partial charge >= 0.3 is 5.97 Å². The number of aliphatic hydroxyl groups excluding tert-OH is 2. The number of aliphatic hydroxyl groups is 2. The summed E-state index contributed by atoms with van der Waals surface area (Å²) in [6.45, 7) is 4.87. The second-order valence-corrected chi connectivity index (χ2v) is 13.2. The van der Waals surface area contributed by atoms with Crippen LogP contribution in [0.4, 0.5) is 0 Å². The number of allylic oxidation sites excluding steroid dienone is 12. The number of rotatable bonds is 28. The van der Waals surface area contributed by atoms with Gasteiger partial charge in [-0.1, -0.05) is 91.4 Å². The number of benzene rings is 1. The number of halogens is 1. The minimum Gasteiger partial charge on any atom is -0.478 e. The van der Waals surface area contributed by atoms with Gasteiger partial charge in [-0.25, -0.2) is 4.79 Å². The normalized spacial score (nSPS) is 13.1. The molecule has 4 N–H and O–H groups in total. The number of amides is 2. The molecule has 0 fully saturated rings. The predicted molar refractivity (Wildman–Crippen MR) is 211 cm³/mol. The van der Waals surface area contributed by atoms with Crippen molar-refractivity contribution in [3.63, 3.8) is 0 Å². The first-order chi connectivity index (χ1) is 25.1. The lowest BCUT2D eigenvalue weighted by Gasteiger charge is -2.28. The maximum absolute atomic E-state index is 13.2. The van der Waals surface area contributed by atoms with Crippen LogP contribution in [-0.2, 0) is 19.1 Å². The zero-order valence-corrected chi connectivity index (χ0v) is 32.1. The van der Waals surface area contributed by atoms with Crippen molar-refractivity contribution in [2.75, 3.05) is 26.4 Å².